The minimum absolute atomic E-state index is 0.0498. The van der Waals surface area contributed by atoms with Crippen molar-refractivity contribution < 1.29 is 35.9 Å². The smallest absolute Gasteiger partial charge is 0.416 e. The van der Waals surface area contributed by atoms with Crippen molar-refractivity contribution in [2.24, 2.45) is 0 Å². The molecule has 0 fully saturated rings. The maximum Gasteiger partial charge on any atom is 0.416 e. The number of halogens is 4. The van der Waals surface area contributed by atoms with Gasteiger partial charge in [-0.1, -0.05) is 72.3 Å². The molecule has 0 aliphatic rings. The zero-order valence-corrected chi connectivity index (χ0v) is 28.9. The normalized spacial score (nSPS) is 12.6. The Morgan fingerprint density at radius 1 is 0.857 bits per heavy atom. The fraction of sp³-hybridized carbons (Fsp3) is 0.278. The number of sulfonamides is 1. The number of rotatable bonds is 12. The third-order valence-corrected chi connectivity index (χ3v) is 9.50. The number of methoxy groups -OCH3 is 1. The molecular weight excluding hydrogens is 679 g/mol. The third kappa shape index (κ3) is 9.76. The molecule has 0 radical (unpaired) electrons. The molecule has 0 bridgehead atoms. The van der Waals surface area contributed by atoms with E-state index in [1.165, 1.54) is 36.3 Å². The van der Waals surface area contributed by atoms with Crippen LogP contribution in [0.4, 0.5) is 18.9 Å². The molecule has 0 saturated carbocycles. The summed E-state index contributed by atoms with van der Waals surface area (Å²) in [6.45, 7) is 4.20. The van der Waals surface area contributed by atoms with Crippen molar-refractivity contribution in [2.45, 2.75) is 56.4 Å². The second-order valence-electron chi connectivity index (χ2n) is 12.3. The van der Waals surface area contributed by atoms with E-state index >= 15 is 0 Å². The molecule has 1 atom stereocenters. The van der Waals surface area contributed by atoms with E-state index in [0.29, 0.717) is 21.7 Å². The van der Waals surface area contributed by atoms with Crippen LogP contribution in [0.15, 0.2) is 108 Å². The molecule has 4 aromatic rings. The summed E-state index contributed by atoms with van der Waals surface area (Å²) in [7, 11) is -3.20. The molecule has 4 rings (SSSR count). The zero-order chi connectivity index (χ0) is 36.0. The lowest BCUT2D eigenvalue weighted by atomic mass is 10.0. The van der Waals surface area contributed by atoms with Crippen LogP contribution in [-0.2, 0) is 38.8 Å². The Balaban J connectivity index is 1.89. The second kappa shape index (κ2) is 15.3. The fourth-order valence-corrected chi connectivity index (χ4v) is 6.80. The van der Waals surface area contributed by atoms with Crippen LogP contribution in [0.5, 0.6) is 5.75 Å². The molecule has 2 amide bonds. The minimum Gasteiger partial charge on any atom is -0.497 e. The number of nitrogens with zero attached hydrogens (tertiary/aromatic N) is 2. The fourth-order valence-electron chi connectivity index (χ4n) is 5.09. The van der Waals surface area contributed by atoms with Gasteiger partial charge in [-0.05, 0) is 74.4 Å². The van der Waals surface area contributed by atoms with Crippen LogP contribution in [0.3, 0.4) is 0 Å². The van der Waals surface area contributed by atoms with Crippen molar-refractivity contribution in [3.8, 4) is 5.75 Å². The number of carbonyl (C=O) groups is 2. The summed E-state index contributed by atoms with van der Waals surface area (Å²) in [5.74, 6) is -0.893. The molecule has 49 heavy (non-hydrogen) atoms. The first-order valence-corrected chi connectivity index (χ1v) is 17.0. The van der Waals surface area contributed by atoms with E-state index in [1.807, 2.05) is 0 Å². The van der Waals surface area contributed by atoms with Crippen LogP contribution in [0.1, 0.15) is 37.5 Å². The average molecular weight is 716 g/mol. The predicted molar refractivity (Wildman–Crippen MR) is 183 cm³/mol. The summed E-state index contributed by atoms with van der Waals surface area (Å²) < 4.78 is 75.8. The molecule has 13 heteroatoms. The number of amides is 2. The summed E-state index contributed by atoms with van der Waals surface area (Å²) in [5.41, 5.74) is -1.13. The van der Waals surface area contributed by atoms with E-state index in [-0.39, 0.29) is 22.9 Å². The maximum atomic E-state index is 14.6. The van der Waals surface area contributed by atoms with Crippen molar-refractivity contribution >= 4 is 39.1 Å². The molecule has 0 saturated heterocycles. The number of hydrogen-bond donors (Lipinski definition) is 1. The highest BCUT2D eigenvalue weighted by Gasteiger charge is 2.38. The van der Waals surface area contributed by atoms with Crippen molar-refractivity contribution in [3.05, 3.63) is 125 Å². The third-order valence-electron chi connectivity index (χ3n) is 7.41. The van der Waals surface area contributed by atoms with E-state index in [2.05, 4.69) is 5.32 Å². The minimum atomic E-state index is -4.84. The summed E-state index contributed by atoms with van der Waals surface area (Å²) in [6, 6.07) is 23.8. The number of nitrogens with one attached hydrogen (secondary N) is 1. The Morgan fingerprint density at radius 3 is 2.06 bits per heavy atom. The number of alkyl halides is 3. The van der Waals surface area contributed by atoms with Gasteiger partial charge in [-0.25, -0.2) is 8.42 Å². The quantitative estimate of drug-likeness (QED) is 0.169. The monoisotopic (exact) mass is 715 g/mol. The lowest BCUT2D eigenvalue weighted by Crippen LogP contribution is -2.56. The maximum absolute atomic E-state index is 14.6. The topological polar surface area (TPSA) is 96.0 Å². The molecule has 0 spiro atoms. The average Bonchev–Trinajstić information content (AvgIpc) is 3.05. The standard InChI is InChI=1S/C36H37ClF3N3O5S/c1-35(2,3)41-34(45)32(21-25-12-7-5-8-13-25)42(23-26-14-11-15-28(20-26)48-4)33(44)24-43(49(46,47)29-16-9-6-10-17-29)31-22-27(36(38,39)40)18-19-30(31)37/h5-20,22,32H,21,23-24H2,1-4H3,(H,41,45). The van der Waals surface area contributed by atoms with Crippen molar-refractivity contribution in [2.75, 3.05) is 18.0 Å². The number of benzene rings is 4. The van der Waals surface area contributed by atoms with Crippen molar-refractivity contribution in [3.63, 3.8) is 0 Å². The van der Waals surface area contributed by atoms with Crippen molar-refractivity contribution in [1.29, 1.82) is 0 Å². The molecule has 260 valence electrons. The lowest BCUT2D eigenvalue weighted by Gasteiger charge is -2.35. The summed E-state index contributed by atoms with van der Waals surface area (Å²) in [4.78, 5) is 29.6. The van der Waals surface area contributed by atoms with Crippen LogP contribution in [-0.4, -0.2) is 50.4 Å². The van der Waals surface area contributed by atoms with E-state index in [4.69, 9.17) is 16.3 Å². The Hall–Kier alpha value is -4.55. The Kier molecular flexibility index (Phi) is 11.7. The molecule has 0 aromatic heterocycles. The predicted octanol–water partition coefficient (Wildman–Crippen LogP) is 7.12. The molecule has 0 heterocycles. The van der Waals surface area contributed by atoms with Crippen LogP contribution in [0, 0.1) is 0 Å². The van der Waals surface area contributed by atoms with E-state index in [1.54, 1.807) is 81.4 Å². The molecule has 4 aromatic carbocycles. The number of anilines is 1. The highest BCUT2D eigenvalue weighted by atomic mass is 35.5. The number of carbonyl (C=O) groups excluding carboxylic acids is 2. The van der Waals surface area contributed by atoms with Gasteiger partial charge in [0.05, 0.1) is 28.3 Å². The molecular formula is C36H37ClF3N3O5S. The Labute approximate surface area is 289 Å². The van der Waals surface area contributed by atoms with E-state index in [0.717, 1.165) is 17.7 Å². The van der Waals surface area contributed by atoms with E-state index in [9.17, 15) is 31.2 Å². The SMILES string of the molecule is COc1cccc(CN(C(=O)CN(c2cc(C(F)(F)F)ccc2Cl)S(=O)(=O)c2ccccc2)C(Cc2ccccc2)C(=O)NC(C)(C)C)c1. The van der Waals surface area contributed by atoms with Gasteiger partial charge in [-0.2, -0.15) is 13.2 Å². The zero-order valence-electron chi connectivity index (χ0n) is 27.4. The molecule has 0 aliphatic heterocycles. The second-order valence-corrected chi connectivity index (χ2v) is 14.6. The van der Waals surface area contributed by atoms with Gasteiger partial charge in [0.15, 0.2) is 0 Å². The van der Waals surface area contributed by atoms with Crippen molar-refractivity contribution in [1.82, 2.24) is 10.2 Å². The molecule has 0 aliphatic carbocycles. The highest BCUT2D eigenvalue weighted by Crippen LogP contribution is 2.37. The van der Waals surface area contributed by atoms with Gasteiger partial charge >= 0.3 is 6.18 Å². The summed E-state index contributed by atoms with van der Waals surface area (Å²) in [5, 5.41) is 2.59. The van der Waals surface area contributed by atoms with Gasteiger partial charge < -0.3 is 15.0 Å². The largest absolute Gasteiger partial charge is 0.497 e. The first kappa shape index (κ1) is 37.3. The van der Waals surface area contributed by atoms with Gasteiger partial charge in [0.25, 0.3) is 10.0 Å². The van der Waals surface area contributed by atoms with Gasteiger partial charge in [0.1, 0.15) is 18.3 Å². The summed E-state index contributed by atoms with van der Waals surface area (Å²) in [6.07, 6.45) is -4.79. The van der Waals surface area contributed by atoms with Gasteiger partial charge in [-0.15, -0.1) is 0 Å². The number of hydrogen-bond acceptors (Lipinski definition) is 5. The Morgan fingerprint density at radius 2 is 1.47 bits per heavy atom. The van der Waals surface area contributed by atoms with Gasteiger partial charge in [0.2, 0.25) is 11.8 Å². The van der Waals surface area contributed by atoms with E-state index < -0.39 is 57.4 Å². The number of ether oxygens (including phenoxy) is 1. The van der Waals surface area contributed by atoms with Crippen LogP contribution < -0.4 is 14.4 Å². The first-order chi connectivity index (χ1) is 23.0. The Bertz CT molecular complexity index is 1870. The van der Waals surface area contributed by atoms with Crippen LogP contribution >= 0.6 is 11.6 Å². The van der Waals surface area contributed by atoms with Crippen LogP contribution in [0.25, 0.3) is 0 Å². The lowest BCUT2D eigenvalue weighted by molar-refractivity contribution is -0.140. The molecule has 1 N–H and O–H groups in total. The van der Waals surface area contributed by atoms with Gasteiger partial charge in [0, 0.05) is 18.5 Å². The van der Waals surface area contributed by atoms with Gasteiger partial charge in [-0.3, -0.25) is 13.9 Å². The highest BCUT2D eigenvalue weighted by molar-refractivity contribution is 7.92. The summed E-state index contributed by atoms with van der Waals surface area (Å²) >= 11 is 6.38. The molecule has 1 unspecified atom stereocenters. The first-order valence-electron chi connectivity index (χ1n) is 15.2. The van der Waals surface area contributed by atoms with Crippen LogP contribution in [0.2, 0.25) is 5.02 Å². The molecule has 8 nitrogen and oxygen atoms in total.